The molecule has 1 heterocycles. The second-order valence-electron chi connectivity index (χ2n) is 5.53. The first-order valence-corrected chi connectivity index (χ1v) is 7.63. The molecule has 3 aromatic rings. The van der Waals surface area contributed by atoms with E-state index in [4.69, 9.17) is 4.74 Å². The molecule has 7 heteroatoms. The summed E-state index contributed by atoms with van der Waals surface area (Å²) in [5, 5.41) is 4.25. The van der Waals surface area contributed by atoms with Gasteiger partial charge in [0.15, 0.2) is 11.6 Å². The Morgan fingerprint density at radius 3 is 2.28 bits per heavy atom. The van der Waals surface area contributed by atoms with Crippen LogP contribution >= 0.6 is 0 Å². The van der Waals surface area contributed by atoms with Gasteiger partial charge in [0, 0.05) is 12.6 Å². The fraction of sp³-hybridized carbons (Fsp3) is 0.222. The minimum Gasteiger partial charge on any atom is -0.369 e. The summed E-state index contributed by atoms with van der Waals surface area (Å²) in [5.74, 6) is 0.973. The third-order valence-corrected chi connectivity index (χ3v) is 3.62. The number of benzene rings is 2. The average molecular weight is 347 g/mol. The standard InChI is InChI=1S/C18H16F3N3O/c1-24-17(14-7-9-15(10-8-14)18(19,20)21)22-16(23-24)12-25-11-13-5-3-2-4-6-13/h2-10H,11-12H2,1H3. The van der Waals surface area contributed by atoms with Crippen LogP contribution in [0.3, 0.4) is 0 Å². The highest BCUT2D eigenvalue weighted by Gasteiger charge is 2.30. The Labute approximate surface area is 142 Å². The Kier molecular flexibility index (Phi) is 4.85. The lowest BCUT2D eigenvalue weighted by Crippen LogP contribution is -2.04. The van der Waals surface area contributed by atoms with Gasteiger partial charge < -0.3 is 4.74 Å². The molecule has 0 amide bonds. The number of aromatic nitrogens is 3. The van der Waals surface area contributed by atoms with E-state index in [-0.39, 0.29) is 6.61 Å². The number of alkyl halides is 3. The van der Waals surface area contributed by atoms with Gasteiger partial charge in [-0.1, -0.05) is 42.5 Å². The summed E-state index contributed by atoms with van der Waals surface area (Å²) < 4.78 is 45.0. The van der Waals surface area contributed by atoms with E-state index in [1.165, 1.54) is 16.8 Å². The lowest BCUT2D eigenvalue weighted by molar-refractivity contribution is -0.137. The zero-order chi connectivity index (χ0) is 17.9. The lowest BCUT2D eigenvalue weighted by atomic mass is 10.1. The minimum absolute atomic E-state index is 0.226. The van der Waals surface area contributed by atoms with E-state index in [2.05, 4.69) is 10.1 Å². The number of nitrogens with zero attached hydrogens (tertiary/aromatic N) is 3. The molecule has 0 unspecified atom stereocenters. The highest BCUT2D eigenvalue weighted by atomic mass is 19.4. The molecule has 3 rings (SSSR count). The van der Waals surface area contributed by atoms with Crippen molar-refractivity contribution in [1.82, 2.24) is 14.8 Å². The molecule has 25 heavy (non-hydrogen) atoms. The average Bonchev–Trinajstić information content (AvgIpc) is 2.96. The third kappa shape index (κ3) is 4.24. The van der Waals surface area contributed by atoms with E-state index in [1.54, 1.807) is 7.05 Å². The number of aryl methyl sites for hydroxylation is 1. The van der Waals surface area contributed by atoms with Crippen molar-refractivity contribution in [2.24, 2.45) is 7.05 Å². The van der Waals surface area contributed by atoms with E-state index in [0.29, 0.717) is 23.8 Å². The number of ether oxygens (including phenoxy) is 1. The Bertz CT molecular complexity index is 827. The van der Waals surface area contributed by atoms with E-state index in [0.717, 1.165) is 17.7 Å². The van der Waals surface area contributed by atoms with Crippen molar-refractivity contribution in [3.8, 4) is 11.4 Å². The second-order valence-corrected chi connectivity index (χ2v) is 5.53. The molecule has 130 valence electrons. The van der Waals surface area contributed by atoms with E-state index < -0.39 is 11.7 Å². The van der Waals surface area contributed by atoms with Gasteiger partial charge in [0.05, 0.1) is 12.2 Å². The van der Waals surface area contributed by atoms with Gasteiger partial charge in [-0.25, -0.2) is 9.67 Å². The molecule has 0 saturated heterocycles. The fourth-order valence-electron chi connectivity index (χ4n) is 2.39. The lowest BCUT2D eigenvalue weighted by Gasteiger charge is -2.07. The van der Waals surface area contributed by atoms with Gasteiger partial charge in [-0.05, 0) is 17.7 Å². The molecule has 0 aliphatic heterocycles. The molecule has 0 aliphatic rings. The van der Waals surface area contributed by atoms with E-state index in [1.807, 2.05) is 30.3 Å². The molecule has 0 bridgehead atoms. The fourth-order valence-corrected chi connectivity index (χ4v) is 2.39. The van der Waals surface area contributed by atoms with Crippen molar-refractivity contribution >= 4 is 0 Å². The number of hydrogen-bond donors (Lipinski definition) is 0. The number of hydrogen-bond acceptors (Lipinski definition) is 3. The topological polar surface area (TPSA) is 39.9 Å². The van der Waals surface area contributed by atoms with Gasteiger partial charge in [0.25, 0.3) is 0 Å². The first kappa shape index (κ1) is 17.2. The SMILES string of the molecule is Cn1nc(COCc2ccccc2)nc1-c1ccc(C(F)(F)F)cc1. The van der Waals surface area contributed by atoms with E-state index in [9.17, 15) is 13.2 Å². The van der Waals surface area contributed by atoms with Crippen LogP contribution in [0.5, 0.6) is 0 Å². The van der Waals surface area contributed by atoms with Crippen molar-refractivity contribution in [1.29, 1.82) is 0 Å². The first-order valence-electron chi connectivity index (χ1n) is 7.63. The highest BCUT2D eigenvalue weighted by Crippen LogP contribution is 2.30. The summed E-state index contributed by atoms with van der Waals surface area (Å²) in [5.41, 5.74) is 0.920. The summed E-state index contributed by atoms with van der Waals surface area (Å²) in [6.45, 7) is 0.665. The predicted octanol–water partition coefficient (Wildman–Crippen LogP) is 4.22. The van der Waals surface area contributed by atoms with Crippen LogP contribution in [0.25, 0.3) is 11.4 Å². The van der Waals surface area contributed by atoms with Crippen LogP contribution in [0.1, 0.15) is 17.0 Å². The van der Waals surface area contributed by atoms with Crippen LogP contribution in [-0.4, -0.2) is 14.8 Å². The Balaban J connectivity index is 1.68. The van der Waals surface area contributed by atoms with Crippen LogP contribution < -0.4 is 0 Å². The molecule has 0 N–H and O–H groups in total. The van der Waals surface area contributed by atoms with Crippen LogP contribution in [0.4, 0.5) is 13.2 Å². The summed E-state index contributed by atoms with van der Waals surface area (Å²) in [4.78, 5) is 4.35. The molecule has 1 aromatic heterocycles. The summed E-state index contributed by atoms with van der Waals surface area (Å²) >= 11 is 0. The molecular weight excluding hydrogens is 331 g/mol. The Hall–Kier alpha value is -2.67. The molecule has 0 saturated carbocycles. The number of rotatable bonds is 5. The van der Waals surface area contributed by atoms with Gasteiger partial charge in [0.2, 0.25) is 0 Å². The highest BCUT2D eigenvalue weighted by molar-refractivity contribution is 5.55. The van der Waals surface area contributed by atoms with Gasteiger partial charge in [-0.3, -0.25) is 0 Å². The van der Waals surface area contributed by atoms with Crippen LogP contribution in [0, 0.1) is 0 Å². The quantitative estimate of drug-likeness (QED) is 0.694. The Morgan fingerprint density at radius 1 is 0.960 bits per heavy atom. The van der Waals surface area contributed by atoms with Crippen molar-refractivity contribution in [3.05, 3.63) is 71.5 Å². The van der Waals surface area contributed by atoms with Crippen molar-refractivity contribution in [2.45, 2.75) is 19.4 Å². The molecule has 0 radical (unpaired) electrons. The minimum atomic E-state index is -4.35. The van der Waals surface area contributed by atoms with Crippen LogP contribution in [0.15, 0.2) is 54.6 Å². The summed E-state index contributed by atoms with van der Waals surface area (Å²) in [6.07, 6.45) is -4.35. The maximum atomic E-state index is 12.6. The molecule has 0 fully saturated rings. The van der Waals surface area contributed by atoms with Crippen LogP contribution in [0.2, 0.25) is 0 Å². The summed E-state index contributed by atoms with van der Waals surface area (Å²) in [7, 11) is 1.70. The monoisotopic (exact) mass is 347 g/mol. The van der Waals surface area contributed by atoms with E-state index >= 15 is 0 Å². The van der Waals surface area contributed by atoms with Gasteiger partial charge >= 0.3 is 6.18 Å². The first-order chi connectivity index (χ1) is 11.9. The second kappa shape index (κ2) is 7.06. The van der Waals surface area contributed by atoms with Crippen molar-refractivity contribution < 1.29 is 17.9 Å². The molecule has 2 aromatic carbocycles. The predicted molar refractivity (Wildman–Crippen MR) is 86.4 cm³/mol. The molecule has 0 spiro atoms. The maximum Gasteiger partial charge on any atom is 0.416 e. The number of halogens is 3. The zero-order valence-electron chi connectivity index (χ0n) is 13.5. The smallest absolute Gasteiger partial charge is 0.369 e. The molecule has 4 nitrogen and oxygen atoms in total. The Morgan fingerprint density at radius 2 is 1.64 bits per heavy atom. The van der Waals surface area contributed by atoms with Gasteiger partial charge in [0.1, 0.15) is 6.61 Å². The molecular formula is C18H16F3N3O. The van der Waals surface area contributed by atoms with Crippen molar-refractivity contribution in [3.63, 3.8) is 0 Å². The zero-order valence-corrected chi connectivity index (χ0v) is 13.5. The largest absolute Gasteiger partial charge is 0.416 e. The third-order valence-electron chi connectivity index (χ3n) is 3.62. The van der Waals surface area contributed by atoms with Crippen molar-refractivity contribution in [2.75, 3.05) is 0 Å². The van der Waals surface area contributed by atoms with Crippen LogP contribution in [-0.2, 0) is 31.2 Å². The molecule has 0 aliphatic carbocycles. The maximum absolute atomic E-state index is 12.6. The normalized spacial score (nSPS) is 11.7. The molecule has 0 atom stereocenters. The summed E-state index contributed by atoms with van der Waals surface area (Å²) in [6, 6.07) is 14.6. The van der Waals surface area contributed by atoms with Gasteiger partial charge in [-0.2, -0.15) is 18.3 Å². The van der Waals surface area contributed by atoms with Gasteiger partial charge in [-0.15, -0.1) is 0 Å².